The summed E-state index contributed by atoms with van der Waals surface area (Å²) in [4.78, 5) is 0. The molecule has 0 aliphatic rings. The minimum absolute atomic E-state index is 0.311. The molecule has 0 aromatic rings. The van der Waals surface area contributed by atoms with Crippen molar-refractivity contribution in [3.63, 3.8) is 0 Å². The molecular weight excluding hydrogens is 270 g/mol. The molecule has 0 aliphatic carbocycles. The molecule has 0 spiro atoms. The van der Waals surface area contributed by atoms with Crippen LogP contribution in [-0.4, -0.2) is 17.3 Å². The molecule has 104 valence electrons. The first kappa shape index (κ1) is 18.6. The molecule has 0 fully saturated rings. The summed E-state index contributed by atoms with van der Waals surface area (Å²) in [6, 6.07) is -0.311. The lowest BCUT2D eigenvalue weighted by Crippen LogP contribution is -2.31. The third-order valence-electron chi connectivity index (χ3n) is 2.01. The topological polar surface area (TPSA) is 46.2 Å². The van der Waals surface area contributed by atoms with Crippen molar-refractivity contribution < 1.29 is 5.11 Å². The zero-order valence-electron chi connectivity index (χ0n) is 12.2. The Bertz CT molecular complexity index is 909. The summed E-state index contributed by atoms with van der Waals surface area (Å²) in [5.74, 6) is 0. The molecule has 0 saturated carbocycles. The molecule has 0 saturated heterocycles. The fourth-order valence-corrected chi connectivity index (χ4v) is 0.885. The van der Waals surface area contributed by atoms with Crippen LogP contribution in [0.5, 0.6) is 0 Å². The van der Waals surface area contributed by atoms with Crippen LogP contribution in [0.2, 0.25) is 0 Å². The number of rotatable bonds is 3. The van der Waals surface area contributed by atoms with Crippen LogP contribution in [0.4, 0.5) is 0 Å². The van der Waals surface area contributed by atoms with Gasteiger partial charge in [-0.3, -0.25) is 0 Å². The largest absolute Gasteiger partial charge is 0.387 e. The molecule has 3 N–H and O–H groups in total. The molecule has 0 heterocycles. The van der Waals surface area contributed by atoms with Gasteiger partial charge in [0.1, 0.15) is 0 Å². The van der Waals surface area contributed by atoms with Gasteiger partial charge in [-0.25, -0.2) is 0 Å². The van der Waals surface area contributed by atoms with Crippen molar-refractivity contribution in [2.45, 2.75) is 25.5 Å². The van der Waals surface area contributed by atoms with Gasteiger partial charge in [-0.2, -0.15) is 0 Å². The number of hydrogen-bond donors (Lipinski definition) is 2. The lowest BCUT2D eigenvalue weighted by atomic mass is 10.1. The fourth-order valence-electron chi connectivity index (χ4n) is 0.885. The molecule has 2 nitrogen and oxygen atoms in total. The summed E-state index contributed by atoms with van der Waals surface area (Å²) in [6.07, 6.45) is 1.33. The summed E-state index contributed by atoms with van der Waals surface area (Å²) in [6.45, 7) is 5.19. The average molecular weight is 283 g/mol. The van der Waals surface area contributed by atoms with Crippen molar-refractivity contribution in [2.24, 2.45) is 5.73 Å². The highest BCUT2D eigenvalue weighted by Gasteiger charge is 2.07. The van der Waals surface area contributed by atoms with E-state index in [4.69, 9.17) is 5.73 Å². The molecule has 22 heavy (non-hydrogen) atoms. The minimum Gasteiger partial charge on any atom is -0.387 e. The first-order valence-electron chi connectivity index (χ1n) is 6.27. The lowest BCUT2D eigenvalue weighted by Gasteiger charge is -2.10. The van der Waals surface area contributed by atoms with Gasteiger partial charge < -0.3 is 10.8 Å². The Hall–Kier alpha value is -3.42. The minimum atomic E-state index is -0.752. The van der Waals surface area contributed by atoms with Crippen molar-refractivity contribution in [2.75, 3.05) is 0 Å². The van der Waals surface area contributed by atoms with Crippen molar-refractivity contribution in [3.05, 3.63) is 92.9 Å². The van der Waals surface area contributed by atoms with Gasteiger partial charge in [0.2, 0.25) is 0 Å². The Balaban J connectivity index is 5.40. The lowest BCUT2D eigenvalue weighted by molar-refractivity contribution is 0.189. The highest BCUT2D eigenvalue weighted by Crippen LogP contribution is 1.94. The predicted molar refractivity (Wildman–Crippen MR) is 83.7 cm³/mol. The van der Waals surface area contributed by atoms with Crippen LogP contribution in [0.25, 0.3) is 0 Å². The molecule has 0 unspecified atom stereocenters. The zero-order chi connectivity index (χ0) is 16.5. The second-order valence-electron chi connectivity index (χ2n) is 3.55. The second-order valence-corrected chi connectivity index (χ2v) is 3.55. The van der Waals surface area contributed by atoms with Crippen LogP contribution in [0.3, 0.4) is 0 Å². The summed E-state index contributed by atoms with van der Waals surface area (Å²) in [5.41, 5.74) is 40.5. The first-order chi connectivity index (χ1) is 10.7. The maximum Gasteiger partial charge on any atom is 0.0951 e. The van der Waals surface area contributed by atoms with E-state index in [1.807, 2.05) is 6.92 Å². The summed E-state index contributed by atoms with van der Waals surface area (Å²) >= 11 is 0. The normalized spacial score (nSPS) is 8.86. The number of nitrogens with two attached hydrogens (primary N) is 1. The monoisotopic (exact) mass is 283 g/mol. The van der Waals surface area contributed by atoms with Gasteiger partial charge >= 0.3 is 0 Å². The third-order valence-corrected chi connectivity index (χ3v) is 2.01. The van der Waals surface area contributed by atoms with Crippen LogP contribution in [0.1, 0.15) is 13.3 Å². The predicted octanol–water partition coefficient (Wildman–Crippen LogP) is 2.44. The zero-order valence-corrected chi connectivity index (χ0v) is 12.2. The van der Waals surface area contributed by atoms with Crippen molar-refractivity contribution in [1.29, 1.82) is 0 Å². The molecule has 2 atom stereocenters. The van der Waals surface area contributed by atoms with Crippen LogP contribution in [-0.2, 0) is 0 Å². The number of hydrogen-bond acceptors (Lipinski definition) is 2. The Morgan fingerprint density at radius 2 is 1.27 bits per heavy atom. The number of aliphatic hydroxyl groups excluding tert-OH is 1. The third kappa shape index (κ3) is 11.7. The van der Waals surface area contributed by atoms with Gasteiger partial charge in [-0.05, 0) is 87.9 Å². The van der Waals surface area contributed by atoms with Crippen LogP contribution < -0.4 is 5.73 Å². The Morgan fingerprint density at radius 1 is 0.864 bits per heavy atom. The maximum absolute atomic E-state index is 9.50. The highest BCUT2D eigenvalue weighted by atomic mass is 16.3. The average Bonchev–Trinajstić information content (AvgIpc) is 2.54. The van der Waals surface area contributed by atoms with Gasteiger partial charge in [0.25, 0.3) is 0 Å². The van der Waals surface area contributed by atoms with E-state index in [0.29, 0.717) is 6.42 Å². The van der Waals surface area contributed by atoms with Crippen LogP contribution in [0, 0.1) is 0 Å². The van der Waals surface area contributed by atoms with E-state index in [-0.39, 0.29) is 6.04 Å². The van der Waals surface area contributed by atoms with Crippen LogP contribution in [0.15, 0.2) is 92.9 Å². The van der Waals surface area contributed by atoms with E-state index in [2.05, 4.69) is 86.8 Å². The Kier molecular flexibility index (Phi) is 11.8. The quantitative estimate of drug-likeness (QED) is 0.782. The van der Waals surface area contributed by atoms with Gasteiger partial charge in [0.05, 0.1) is 6.10 Å². The summed E-state index contributed by atoms with van der Waals surface area (Å²) in [7, 11) is 0. The van der Waals surface area contributed by atoms with Gasteiger partial charge in [-0.15, -0.1) is 0 Å². The molecule has 0 bridgehead atoms. The molecule has 0 aromatic heterocycles. The van der Waals surface area contributed by atoms with Gasteiger partial charge in [0.15, 0.2) is 0 Å². The smallest absolute Gasteiger partial charge is 0.0951 e. The van der Waals surface area contributed by atoms with Crippen molar-refractivity contribution in [1.82, 2.24) is 0 Å². The summed E-state index contributed by atoms with van der Waals surface area (Å²) in [5, 5.41) is 9.50. The Morgan fingerprint density at radius 3 is 1.68 bits per heavy atom. The first-order valence-corrected chi connectivity index (χ1v) is 6.27. The SMILES string of the molecule is C=C=C=C=C=C=C=C=C=C=C=C=C=C=C=C[C@H](O)[C@@H](N)CC. The maximum atomic E-state index is 9.50. The van der Waals surface area contributed by atoms with E-state index in [9.17, 15) is 5.11 Å². The van der Waals surface area contributed by atoms with Gasteiger partial charge in [0, 0.05) is 6.04 Å². The van der Waals surface area contributed by atoms with E-state index >= 15 is 0 Å². The molecule has 0 radical (unpaired) electrons. The Labute approximate surface area is 129 Å². The highest BCUT2D eigenvalue weighted by molar-refractivity contribution is 4.95. The molecular formula is C20H13NO. The molecule has 0 aliphatic heterocycles. The second kappa shape index (κ2) is 14.0. The van der Waals surface area contributed by atoms with E-state index in [1.54, 1.807) is 0 Å². The molecule has 0 rings (SSSR count). The van der Waals surface area contributed by atoms with Crippen molar-refractivity contribution in [3.8, 4) is 0 Å². The molecule has 2 heteroatoms. The van der Waals surface area contributed by atoms with E-state index in [1.165, 1.54) is 6.08 Å². The van der Waals surface area contributed by atoms with E-state index in [0.717, 1.165) is 0 Å². The summed E-state index contributed by atoms with van der Waals surface area (Å²) < 4.78 is 0. The van der Waals surface area contributed by atoms with Crippen LogP contribution >= 0.6 is 0 Å². The van der Waals surface area contributed by atoms with Crippen molar-refractivity contribution >= 4 is 0 Å². The molecule has 0 amide bonds. The number of aliphatic hydroxyl groups is 1. The van der Waals surface area contributed by atoms with Gasteiger partial charge in [-0.1, -0.05) is 18.4 Å². The fraction of sp³-hybridized carbons (Fsp3) is 0.200. The van der Waals surface area contributed by atoms with E-state index < -0.39 is 6.10 Å². The standard InChI is InChI=1S/C20H13NO/c1-3-5-6-7-8-9-10-11-12-13-14-15-16-17-18-20(22)19(21)4-2/h18-20,22H,1,4,21H2,2H3/t19-,20-/m0/s1. The molecule has 0 aromatic carbocycles.